The number of hydrogen-bond acceptors (Lipinski definition) is 1. The highest BCUT2D eigenvalue weighted by Crippen LogP contribution is 2.38. The zero-order valence-electron chi connectivity index (χ0n) is 13.4. The maximum Gasteiger partial charge on any atom is 0.139 e. The maximum atomic E-state index is 4.88. The molecule has 2 heteroatoms. The van der Waals surface area contributed by atoms with E-state index in [-0.39, 0.29) is 0 Å². The fraction of sp³-hybridized carbons (Fsp3) is 0.0455. The Morgan fingerprint density at radius 1 is 0.792 bits per heavy atom. The fourth-order valence-electron chi connectivity index (χ4n) is 3.57. The summed E-state index contributed by atoms with van der Waals surface area (Å²) < 4.78 is 0. The molecule has 0 fully saturated rings. The van der Waals surface area contributed by atoms with Crippen molar-refractivity contribution < 1.29 is 0 Å². The monoisotopic (exact) mass is 308 g/mol. The Kier molecular flexibility index (Phi) is 2.74. The molecule has 3 aromatic carbocycles. The molecular formula is C22H16N2. The smallest absolute Gasteiger partial charge is 0.139 e. The van der Waals surface area contributed by atoms with Crippen molar-refractivity contribution in [3.05, 3.63) is 78.4 Å². The predicted octanol–water partition coefficient (Wildman–Crippen LogP) is 5.84. The third-order valence-corrected chi connectivity index (χ3v) is 4.65. The Hall–Kier alpha value is -3.13. The minimum Gasteiger partial charge on any atom is -0.339 e. The molecule has 0 unspecified atom stereocenters. The van der Waals surface area contributed by atoms with Gasteiger partial charge in [-0.25, -0.2) is 4.98 Å². The van der Waals surface area contributed by atoms with E-state index < -0.39 is 0 Å². The minimum absolute atomic E-state index is 0.952. The van der Waals surface area contributed by atoms with Gasteiger partial charge in [0.25, 0.3) is 0 Å². The highest BCUT2D eigenvalue weighted by Gasteiger charge is 2.15. The number of H-pyrrole nitrogens is 1. The third kappa shape index (κ3) is 1.86. The van der Waals surface area contributed by atoms with Gasteiger partial charge in [0, 0.05) is 27.2 Å². The van der Waals surface area contributed by atoms with E-state index in [1.807, 2.05) is 6.07 Å². The quantitative estimate of drug-likeness (QED) is 0.414. The number of nitrogens with one attached hydrogen (secondary N) is 1. The fourth-order valence-corrected chi connectivity index (χ4v) is 3.57. The Bertz CT molecular complexity index is 1200. The zero-order chi connectivity index (χ0) is 16.1. The number of benzene rings is 3. The van der Waals surface area contributed by atoms with E-state index in [9.17, 15) is 0 Å². The number of rotatable bonds is 1. The first-order valence-corrected chi connectivity index (χ1v) is 8.17. The third-order valence-electron chi connectivity index (χ3n) is 4.65. The molecular weight excluding hydrogens is 292 g/mol. The van der Waals surface area contributed by atoms with Crippen LogP contribution >= 0.6 is 0 Å². The Morgan fingerprint density at radius 3 is 2.46 bits per heavy atom. The molecule has 0 aliphatic heterocycles. The van der Waals surface area contributed by atoms with Gasteiger partial charge in [-0.05, 0) is 30.7 Å². The van der Waals surface area contributed by atoms with Gasteiger partial charge in [-0.2, -0.15) is 0 Å². The number of pyridine rings is 1. The molecule has 0 spiro atoms. The Morgan fingerprint density at radius 2 is 1.58 bits per heavy atom. The summed E-state index contributed by atoms with van der Waals surface area (Å²) in [7, 11) is 0. The summed E-state index contributed by atoms with van der Waals surface area (Å²) >= 11 is 0. The Balaban J connectivity index is 2.08. The largest absolute Gasteiger partial charge is 0.339 e. The van der Waals surface area contributed by atoms with Gasteiger partial charge in [-0.1, -0.05) is 60.2 Å². The van der Waals surface area contributed by atoms with Crippen LogP contribution in [-0.2, 0) is 0 Å². The normalized spacial score (nSPS) is 11.5. The molecule has 0 atom stereocenters. The number of aromatic amines is 1. The summed E-state index contributed by atoms with van der Waals surface area (Å²) in [5, 5.41) is 3.64. The molecule has 0 saturated carbocycles. The Labute approximate surface area is 139 Å². The van der Waals surface area contributed by atoms with E-state index in [4.69, 9.17) is 4.98 Å². The van der Waals surface area contributed by atoms with Crippen molar-refractivity contribution in [1.29, 1.82) is 0 Å². The first-order chi connectivity index (χ1) is 11.8. The minimum atomic E-state index is 0.952. The van der Waals surface area contributed by atoms with Crippen LogP contribution in [-0.4, -0.2) is 9.97 Å². The molecule has 24 heavy (non-hydrogen) atoms. The van der Waals surface area contributed by atoms with Crippen molar-refractivity contribution in [3.63, 3.8) is 0 Å². The number of hydrogen-bond donors (Lipinski definition) is 1. The molecule has 114 valence electrons. The van der Waals surface area contributed by atoms with Crippen molar-refractivity contribution in [2.75, 3.05) is 0 Å². The molecule has 5 aromatic rings. The SMILES string of the molecule is Cc1ccc2[nH]c3nc4ccccc4c(-c4ccccc4)c3c2c1. The van der Waals surface area contributed by atoms with E-state index in [2.05, 4.69) is 78.6 Å². The predicted molar refractivity (Wildman–Crippen MR) is 101 cm³/mol. The van der Waals surface area contributed by atoms with Crippen LogP contribution in [0.3, 0.4) is 0 Å². The van der Waals surface area contributed by atoms with E-state index in [0.29, 0.717) is 0 Å². The maximum absolute atomic E-state index is 4.88. The summed E-state index contributed by atoms with van der Waals surface area (Å²) in [4.78, 5) is 8.37. The van der Waals surface area contributed by atoms with Crippen LogP contribution in [0.25, 0.3) is 44.0 Å². The summed E-state index contributed by atoms with van der Waals surface area (Å²) in [6.07, 6.45) is 0. The lowest BCUT2D eigenvalue weighted by Crippen LogP contribution is -1.87. The van der Waals surface area contributed by atoms with Crippen LogP contribution in [0.15, 0.2) is 72.8 Å². The summed E-state index contributed by atoms with van der Waals surface area (Å²) in [6.45, 7) is 2.13. The van der Waals surface area contributed by atoms with Gasteiger partial charge in [0.1, 0.15) is 5.65 Å². The first-order valence-electron chi connectivity index (χ1n) is 8.17. The summed E-state index contributed by atoms with van der Waals surface area (Å²) in [5.41, 5.74) is 6.85. The second kappa shape index (κ2) is 4.93. The van der Waals surface area contributed by atoms with Gasteiger partial charge in [-0.15, -0.1) is 0 Å². The summed E-state index contributed by atoms with van der Waals surface area (Å²) in [6, 6.07) is 25.5. The van der Waals surface area contributed by atoms with Crippen molar-refractivity contribution in [2.45, 2.75) is 6.92 Å². The molecule has 0 radical (unpaired) electrons. The zero-order valence-corrected chi connectivity index (χ0v) is 13.4. The molecule has 0 saturated heterocycles. The van der Waals surface area contributed by atoms with E-state index in [1.165, 1.54) is 32.8 Å². The molecule has 2 aromatic heterocycles. The van der Waals surface area contributed by atoms with Crippen LogP contribution in [0, 0.1) is 6.92 Å². The van der Waals surface area contributed by atoms with Gasteiger partial charge in [0.05, 0.1) is 5.52 Å². The van der Waals surface area contributed by atoms with Crippen molar-refractivity contribution in [3.8, 4) is 11.1 Å². The van der Waals surface area contributed by atoms with Gasteiger partial charge >= 0.3 is 0 Å². The highest BCUT2D eigenvalue weighted by atomic mass is 14.9. The van der Waals surface area contributed by atoms with Gasteiger partial charge in [0.15, 0.2) is 0 Å². The number of aryl methyl sites for hydroxylation is 1. The molecule has 2 nitrogen and oxygen atoms in total. The molecule has 0 aliphatic rings. The first kappa shape index (κ1) is 13.3. The van der Waals surface area contributed by atoms with Crippen LogP contribution in [0.4, 0.5) is 0 Å². The second-order valence-electron chi connectivity index (χ2n) is 6.27. The van der Waals surface area contributed by atoms with Crippen LogP contribution in [0.2, 0.25) is 0 Å². The van der Waals surface area contributed by atoms with Crippen LogP contribution in [0.1, 0.15) is 5.56 Å². The number of para-hydroxylation sites is 1. The lowest BCUT2D eigenvalue weighted by molar-refractivity contribution is 1.40. The molecule has 0 bridgehead atoms. The number of nitrogens with zero attached hydrogens (tertiary/aromatic N) is 1. The molecule has 0 amide bonds. The van der Waals surface area contributed by atoms with Crippen molar-refractivity contribution in [2.24, 2.45) is 0 Å². The average Bonchev–Trinajstić information content (AvgIpc) is 2.97. The number of aromatic nitrogens is 2. The number of fused-ring (bicyclic) bond motifs is 4. The topological polar surface area (TPSA) is 28.7 Å². The lowest BCUT2D eigenvalue weighted by atomic mass is 9.96. The molecule has 2 heterocycles. The highest BCUT2D eigenvalue weighted by molar-refractivity contribution is 6.19. The van der Waals surface area contributed by atoms with Gasteiger partial charge in [-0.3, -0.25) is 0 Å². The van der Waals surface area contributed by atoms with Crippen molar-refractivity contribution in [1.82, 2.24) is 9.97 Å². The van der Waals surface area contributed by atoms with E-state index in [0.717, 1.165) is 16.7 Å². The van der Waals surface area contributed by atoms with Crippen molar-refractivity contribution >= 4 is 32.8 Å². The van der Waals surface area contributed by atoms with Crippen LogP contribution in [0.5, 0.6) is 0 Å². The van der Waals surface area contributed by atoms with Crippen LogP contribution < -0.4 is 0 Å². The lowest BCUT2D eigenvalue weighted by Gasteiger charge is -2.09. The summed E-state index contributed by atoms with van der Waals surface area (Å²) in [5.74, 6) is 0. The van der Waals surface area contributed by atoms with Gasteiger partial charge in [0.2, 0.25) is 0 Å². The average molecular weight is 308 g/mol. The molecule has 5 rings (SSSR count). The van der Waals surface area contributed by atoms with E-state index in [1.54, 1.807) is 0 Å². The molecule has 0 aliphatic carbocycles. The second-order valence-corrected chi connectivity index (χ2v) is 6.27. The van der Waals surface area contributed by atoms with Gasteiger partial charge < -0.3 is 4.98 Å². The standard InChI is InChI=1S/C22H16N2/c1-14-11-12-19-17(13-14)21-20(15-7-3-2-4-8-15)16-9-5-6-10-18(16)23-22(21)24-19/h2-13H,1H3,(H,23,24). The van der Waals surface area contributed by atoms with E-state index >= 15 is 0 Å². The molecule has 1 N–H and O–H groups in total.